The zero-order valence-corrected chi connectivity index (χ0v) is 15.0. The molecule has 0 bridgehead atoms. The van der Waals surface area contributed by atoms with Crippen molar-refractivity contribution in [2.75, 3.05) is 0 Å². The van der Waals surface area contributed by atoms with Gasteiger partial charge in [0.25, 0.3) is 0 Å². The Morgan fingerprint density at radius 3 is 2.33 bits per heavy atom. The Kier molecular flexibility index (Phi) is 16.9. The van der Waals surface area contributed by atoms with Crippen molar-refractivity contribution >= 4 is 5.97 Å². The van der Waals surface area contributed by atoms with E-state index >= 15 is 0 Å². The zero-order valence-electron chi connectivity index (χ0n) is 15.0. The summed E-state index contributed by atoms with van der Waals surface area (Å²) >= 11 is 0. The van der Waals surface area contributed by atoms with Gasteiger partial charge in [0.05, 0.1) is 6.10 Å². The van der Waals surface area contributed by atoms with E-state index in [9.17, 15) is 9.90 Å². The molecule has 0 fully saturated rings. The highest BCUT2D eigenvalue weighted by molar-refractivity contribution is 5.68. The lowest BCUT2D eigenvalue weighted by atomic mass is 10.1. The van der Waals surface area contributed by atoms with Gasteiger partial charge in [-0.3, -0.25) is 0 Å². The van der Waals surface area contributed by atoms with E-state index in [2.05, 4.69) is 42.2 Å². The quantitative estimate of drug-likeness (QED) is 0.183. The third-order valence-electron chi connectivity index (χ3n) is 3.67. The minimum Gasteiger partial charge on any atom is -0.393 e. The van der Waals surface area contributed by atoms with Crippen LogP contribution in [0.2, 0.25) is 0 Å². The molecule has 0 aromatic carbocycles. The highest BCUT2D eigenvalue weighted by Gasteiger charge is 1.99. The van der Waals surface area contributed by atoms with E-state index in [1.807, 2.05) is 6.08 Å². The lowest BCUT2D eigenvalue weighted by molar-refractivity contribution is -0.234. The van der Waals surface area contributed by atoms with Gasteiger partial charge < -0.3 is 9.99 Å². The third-order valence-corrected chi connectivity index (χ3v) is 3.67. The molecule has 0 aliphatic carbocycles. The van der Waals surface area contributed by atoms with Crippen molar-refractivity contribution in [1.29, 1.82) is 0 Å². The molecule has 0 aliphatic rings. The number of carbonyl (C=O) groups is 1. The van der Waals surface area contributed by atoms with Crippen LogP contribution in [0.25, 0.3) is 0 Å². The fraction of sp³-hybridized carbons (Fsp3) is 0.650. The van der Waals surface area contributed by atoms with E-state index in [1.54, 1.807) is 0 Å². The van der Waals surface area contributed by atoms with Crippen LogP contribution in [0.4, 0.5) is 0 Å². The van der Waals surface area contributed by atoms with Crippen LogP contribution in [-0.4, -0.2) is 22.4 Å². The van der Waals surface area contributed by atoms with Gasteiger partial charge in [-0.25, -0.2) is 4.79 Å². The second-order valence-electron chi connectivity index (χ2n) is 5.97. The topological polar surface area (TPSA) is 66.8 Å². The summed E-state index contributed by atoms with van der Waals surface area (Å²) in [7, 11) is 0. The van der Waals surface area contributed by atoms with Crippen LogP contribution in [-0.2, 0) is 9.68 Å². The minimum absolute atomic E-state index is 0.238. The first-order chi connectivity index (χ1) is 11.7. The monoisotopic (exact) mass is 338 g/mol. The normalized spacial score (nSPS) is 13.3. The van der Waals surface area contributed by atoms with Crippen molar-refractivity contribution < 1.29 is 20.0 Å². The number of carbonyl (C=O) groups excluding carboxylic acids is 1. The number of aliphatic hydroxyl groups is 1. The fourth-order valence-corrected chi connectivity index (χ4v) is 2.21. The minimum atomic E-state index is -0.586. The van der Waals surface area contributed by atoms with Gasteiger partial charge in [0.2, 0.25) is 0 Å². The molecule has 0 rings (SSSR count). The lowest BCUT2D eigenvalue weighted by Gasteiger charge is -2.05. The van der Waals surface area contributed by atoms with E-state index in [0.29, 0.717) is 6.42 Å². The molecule has 0 aliphatic heterocycles. The van der Waals surface area contributed by atoms with Gasteiger partial charge in [-0.15, -0.1) is 0 Å². The Balaban J connectivity index is 3.48. The van der Waals surface area contributed by atoms with Gasteiger partial charge in [-0.05, 0) is 51.4 Å². The maximum absolute atomic E-state index is 10.7. The van der Waals surface area contributed by atoms with E-state index in [1.165, 1.54) is 19.3 Å². The molecular formula is C20H34O4. The summed E-state index contributed by atoms with van der Waals surface area (Å²) in [6, 6.07) is 0. The van der Waals surface area contributed by atoms with Crippen LogP contribution in [0.15, 0.2) is 36.5 Å². The van der Waals surface area contributed by atoms with Crippen LogP contribution in [0, 0.1) is 0 Å². The molecule has 4 heteroatoms. The van der Waals surface area contributed by atoms with E-state index in [0.717, 1.165) is 38.5 Å². The molecule has 0 heterocycles. The predicted molar refractivity (Wildman–Crippen MR) is 98.6 cm³/mol. The van der Waals surface area contributed by atoms with E-state index in [-0.39, 0.29) is 12.5 Å². The van der Waals surface area contributed by atoms with Gasteiger partial charge in [0.1, 0.15) is 0 Å². The SMILES string of the molecule is CCCCCC=CCC(O)CCC=CCC=CCCCC(=O)OO. The molecule has 1 atom stereocenters. The van der Waals surface area contributed by atoms with Gasteiger partial charge >= 0.3 is 5.97 Å². The average molecular weight is 338 g/mol. The standard InChI is InChI=1S/C20H34O4/c1-2-3-4-5-10-13-16-19(21)17-14-11-8-6-7-9-12-15-18-20(22)24-23/h7-11,13,19,21,23H,2-6,12,14-18H2,1H3. The molecule has 24 heavy (non-hydrogen) atoms. The van der Waals surface area contributed by atoms with Crippen LogP contribution < -0.4 is 0 Å². The summed E-state index contributed by atoms with van der Waals surface area (Å²) in [5.41, 5.74) is 0. The molecule has 0 radical (unpaired) electrons. The Hall–Kier alpha value is -1.39. The second-order valence-corrected chi connectivity index (χ2v) is 5.97. The third kappa shape index (κ3) is 17.0. The van der Waals surface area contributed by atoms with Crippen molar-refractivity contribution in [2.45, 2.75) is 83.7 Å². The maximum atomic E-state index is 10.7. The van der Waals surface area contributed by atoms with Gasteiger partial charge in [0.15, 0.2) is 0 Å². The summed E-state index contributed by atoms with van der Waals surface area (Å²) in [6.45, 7) is 2.20. The Morgan fingerprint density at radius 2 is 1.62 bits per heavy atom. The van der Waals surface area contributed by atoms with Crippen molar-refractivity contribution in [3.63, 3.8) is 0 Å². The van der Waals surface area contributed by atoms with Gasteiger partial charge in [0, 0.05) is 6.42 Å². The number of rotatable bonds is 15. The molecule has 0 aromatic rings. The Bertz CT molecular complexity index is 372. The molecule has 1 unspecified atom stereocenters. The first kappa shape index (κ1) is 22.6. The van der Waals surface area contributed by atoms with Crippen LogP contribution in [0.5, 0.6) is 0 Å². The van der Waals surface area contributed by atoms with Crippen molar-refractivity contribution in [3.05, 3.63) is 36.5 Å². The molecule has 0 aromatic heterocycles. The Labute approximate surface area is 146 Å². The number of aliphatic hydroxyl groups excluding tert-OH is 1. The molecule has 0 saturated heterocycles. The molecule has 2 N–H and O–H groups in total. The largest absolute Gasteiger partial charge is 0.393 e. The molecule has 0 saturated carbocycles. The van der Waals surface area contributed by atoms with E-state index in [4.69, 9.17) is 5.26 Å². The first-order valence-electron chi connectivity index (χ1n) is 9.18. The number of allylic oxidation sites excluding steroid dienone is 5. The Morgan fingerprint density at radius 1 is 0.958 bits per heavy atom. The van der Waals surface area contributed by atoms with Crippen molar-refractivity contribution in [1.82, 2.24) is 0 Å². The van der Waals surface area contributed by atoms with Crippen LogP contribution in [0.1, 0.15) is 77.6 Å². The van der Waals surface area contributed by atoms with Crippen molar-refractivity contribution in [2.24, 2.45) is 0 Å². The summed E-state index contributed by atoms with van der Waals surface area (Å²) in [5.74, 6) is -0.586. The summed E-state index contributed by atoms with van der Waals surface area (Å²) in [6.07, 6.45) is 22.2. The smallest absolute Gasteiger partial charge is 0.342 e. The summed E-state index contributed by atoms with van der Waals surface area (Å²) in [4.78, 5) is 14.3. The zero-order chi connectivity index (χ0) is 17.9. The lowest BCUT2D eigenvalue weighted by Crippen LogP contribution is -2.03. The van der Waals surface area contributed by atoms with Gasteiger partial charge in [-0.1, -0.05) is 56.2 Å². The van der Waals surface area contributed by atoms with Gasteiger partial charge in [-0.2, -0.15) is 5.26 Å². The van der Waals surface area contributed by atoms with E-state index < -0.39 is 5.97 Å². The second kappa shape index (κ2) is 18.0. The fourth-order valence-electron chi connectivity index (χ4n) is 2.21. The first-order valence-corrected chi connectivity index (χ1v) is 9.18. The van der Waals surface area contributed by atoms with Crippen LogP contribution >= 0.6 is 0 Å². The summed E-state index contributed by atoms with van der Waals surface area (Å²) < 4.78 is 0. The molecular weight excluding hydrogens is 304 g/mol. The summed E-state index contributed by atoms with van der Waals surface area (Å²) in [5, 5.41) is 18.0. The molecule has 0 amide bonds. The van der Waals surface area contributed by atoms with Crippen LogP contribution in [0.3, 0.4) is 0 Å². The number of hydrogen-bond donors (Lipinski definition) is 2. The highest BCUT2D eigenvalue weighted by Crippen LogP contribution is 2.06. The predicted octanol–water partition coefficient (Wildman–Crippen LogP) is 5.34. The highest BCUT2D eigenvalue weighted by atomic mass is 17.1. The molecule has 4 nitrogen and oxygen atoms in total. The number of hydrogen-bond acceptors (Lipinski definition) is 4. The molecule has 0 spiro atoms. The molecule has 138 valence electrons. The average Bonchev–Trinajstić information content (AvgIpc) is 2.59. The number of unbranched alkanes of at least 4 members (excludes halogenated alkanes) is 4. The maximum Gasteiger partial charge on any atom is 0.342 e. The van der Waals surface area contributed by atoms with Crippen molar-refractivity contribution in [3.8, 4) is 0 Å².